The summed E-state index contributed by atoms with van der Waals surface area (Å²) in [6.45, 7) is 2.00. The maximum absolute atomic E-state index is 13.1. The van der Waals surface area contributed by atoms with E-state index in [1.54, 1.807) is 6.92 Å². The van der Waals surface area contributed by atoms with Crippen molar-refractivity contribution in [3.63, 3.8) is 0 Å². The molecule has 0 bridgehead atoms. The third-order valence-electron chi connectivity index (χ3n) is 2.38. The standard InChI is InChI=1S/C12H18FNO3S/c1-9(14)11-8-10(13)4-5-12(11)17-6-3-7-18(2,15)16/h4-5,8-9H,3,6-7,14H2,1-2H3/t9-/m0/s1. The maximum Gasteiger partial charge on any atom is 0.147 e. The summed E-state index contributed by atoms with van der Waals surface area (Å²) in [5.41, 5.74) is 6.29. The minimum atomic E-state index is -2.98. The Morgan fingerprint density at radius 1 is 1.44 bits per heavy atom. The monoisotopic (exact) mass is 275 g/mol. The molecule has 1 rings (SSSR count). The first-order chi connectivity index (χ1) is 8.29. The van der Waals surface area contributed by atoms with Crippen molar-refractivity contribution in [2.24, 2.45) is 5.73 Å². The van der Waals surface area contributed by atoms with Crippen LogP contribution in [0.2, 0.25) is 0 Å². The van der Waals surface area contributed by atoms with E-state index in [1.807, 2.05) is 0 Å². The normalized spacial score (nSPS) is 13.3. The SMILES string of the molecule is C[C@H](N)c1cc(F)ccc1OCCCS(C)(=O)=O. The summed E-state index contributed by atoms with van der Waals surface area (Å²) in [7, 11) is -2.98. The number of ether oxygens (including phenoxy) is 1. The predicted molar refractivity (Wildman–Crippen MR) is 68.8 cm³/mol. The van der Waals surface area contributed by atoms with Crippen LogP contribution in [0.15, 0.2) is 18.2 Å². The van der Waals surface area contributed by atoms with E-state index < -0.39 is 9.84 Å². The average molecular weight is 275 g/mol. The second kappa shape index (κ2) is 6.15. The Labute approximate surface area is 107 Å². The van der Waals surface area contributed by atoms with Crippen LogP contribution in [0.25, 0.3) is 0 Å². The van der Waals surface area contributed by atoms with Gasteiger partial charge in [0, 0.05) is 17.9 Å². The van der Waals surface area contributed by atoms with E-state index in [-0.39, 0.29) is 24.2 Å². The molecule has 4 nitrogen and oxygen atoms in total. The van der Waals surface area contributed by atoms with Gasteiger partial charge in [-0.05, 0) is 31.5 Å². The van der Waals surface area contributed by atoms with Gasteiger partial charge in [0.25, 0.3) is 0 Å². The lowest BCUT2D eigenvalue weighted by Gasteiger charge is -2.13. The Balaban J connectivity index is 2.62. The molecule has 0 aliphatic rings. The molecule has 1 aromatic rings. The minimum absolute atomic E-state index is 0.0711. The van der Waals surface area contributed by atoms with Crippen molar-refractivity contribution < 1.29 is 17.5 Å². The van der Waals surface area contributed by atoms with Gasteiger partial charge in [-0.3, -0.25) is 0 Å². The molecule has 0 aliphatic carbocycles. The molecule has 0 radical (unpaired) electrons. The van der Waals surface area contributed by atoms with Crippen molar-refractivity contribution in [2.75, 3.05) is 18.6 Å². The van der Waals surface area contributed by atoms with Crippen LogP contribution in [-0.4, -0.2) is 27.0 Å². The van der Waals surface area contributed by atoms with Crippen LogP contribution in [0, 0.1) is 5.82 Å². The lowest BCUT2D eigenvalue weighted by atomic mass is 10.1. The summed E-state index contributed by atoms with van der Waals surface area (Å²) < 4.78 is 40.4. The Hall–Kier alpha value is -1.14. The molecule has 0 saturated carbocycles. The van der Waals surface area contributed by atoms with Crippen LogP contribution in [-0.2, 0) is 9.84 Å². The molecule has 102 valence electrons. The average Bonchev–Trinajstić information content (AvgIpc) is 2.24. The molecule has 0 saturated heterocycles. The minimum Gasteiger partial charge on any atom is -0.493 e. The highest BCUT2D eigenvalue weighted by molar-refractivity contribution is 7.90. The zero-order valence-corrected chi connectivity index (χ0v) is 11.3. The summed E-state index contributed by atoms with van der Waals surface area (Å²) in [6.07, 6.45) is 1.58. The molecular formula is C12H18FNO3S. The molecule has 2 N–H and O–H groups in total. The van der Waals surface area contributed by atoms with E-state index in [2.05, 4.69) is 0 Å². The topological polar surface area (TPSA) is 69.4 Å². The number of hydrogen-bond donors (Lipinski definition) is 1. The van der Waals surface area contributed by atoms with Gasteiger partial charge < -0.3 is 10.5 Å². The van der Waals surface area contributed by atoms with Crippen molar-refractivity contribution in [3.05, 3.63) is 29.6 Å². The second-order valence-corrected chi connectivity index (χ2v) is 6.56. The predicted octanol–water partition coefficient (Wildman–Crippen LogP) is 1.66. The smallest absolute Gasteiger partial charge is 0.147 e. The summed E-state index contributed by atoms with van der Waals surface area (Å²) in [6, 6.07) is 3.79. The number of benzene rings is 1. The van der Waals surface area contributed by atoms with E-state index in [0.29, 0.717) is 17.7 Å². The summed E-state index contributed by atoms with van der Waals surface area (Å²) in [5.74, 6) is 0.201. The molecule has 0 fully saturated rings. The van der Waals surface area contributed by atoms with Crippen molar-refractivity contribution in [1.29, 1.82) is 0 Å². The number of rotatable bonds is 6. The Morgan fingerprint density at radius 3 is 2.67 bits per heavy atom. The van der Waals surface area contributed by atoms with E-state index in [4.69, 9.17) is 10.5 Å². The van der Waals surface area contributed by atoms with Crippen LogP contribution >= 0.6 is 0 Å². The molecule has 1 atom stereocenters. The fourth-order valence-electron chi connectivity index (χ4n) is 1.51. The van der Waals surface area contributed by atoms with E-state index >= 15 is 0 Å². The van der Waals surface area contributed by atoms with Crippen LogP contribution < -0.4 is 10.5 Å². The zero-order valence-electron chi connectivity index (χ0n) is 10.5. The fourth-order valence-corrected chi connectivity index (χ4v) is 2.15. The van der Waals surface area contributed by atoms with Crippen molar-refractivity contribution in [2.45, 2.75) is 19.4 Å². The molecule has 0 aromatic heterocycles. The third-order valence-corrected chi connectivity index (χ3v) is 3.41. The molecule has 6 heteroatoms. The molecule has 1 aromatic carbocycles. The Morgan fingerprint density at radius 2 is 2.11 bits per heavy atom. The van der Waals surface area contributed by atoms with Gasteiger partial charge in [-0.15, -0.1) is 0 Å². The molecule has 0 aliphatic heterocycles. The molecule has 0 unspecified atom stereocenters. The maximum atomic E-state index is 13.1. The lowest BCUT2D eigenvalue weighted by Crippen LogP contribution is -2.11. The Bertz CT molecular complexity index is 500. The van der Waals surface area contributed by atoms with Gasteiger partial charge in [0.1, 0.15) is 21.4 Å². The third kappa shape index (κ3) is 5.01. The van der Waals surface area contributed by atoms with Gasteiger partial charge in [-0.25, -0.2) is 12.8 Å². The number of halogens is 1. The fraction of sp³-hybridized carbons (Fsp3) is 0.500. The van der Waals surface area contributed by atoms with Crippen LogP contribution in [0.3, 0.4) is 0 Å². The lowest BCUT2D eigenvalue weighted by molar-refractivity contribution is 0.312. The van der Waals surface area contributed by atoms with E-state index in [9.17, 15) is 12.8 Å². The first-order valence-electron chi connectivity index (χ1n) is 5.65. The van der Waals surface area contributed by atoms with Crippen LogP contribution in [0.1, 0.15) is 24.9 Å². The highest BCUT2D eigenvalue weighted by Gasteiger charge is 2.10. The highest BCUT2D eigenvalue weighted by atomic mass is 32.2. The number of sulfone groups is 1. The van der Waals surface area contributed by atoms with Crippen molar-refractivity contribution >= 4 is 9.84 Å². The largest absolute Gasteiger partial charge is 0.493 e. The molecule has 0 heterocycles. The van der Waals surface area contributed by atoms with Gasteiger partial charge in [-0.2, -0.15) is 0 Å². The highest BCUT2D eigenvalue weighted by Crippen LogP contribution is 2.24. The molecular weight excluding hydrogens is 257 g/mol. The van der Waals surface area contributed by atoms with E-state index in [0.717, 1.165) is 0 Å². The van der Waals surface area contributed by atoms with Crippen LogP contribution in [0.5, 0.6) is 5.75 Å². The van der Waals surface area contributed by atoms with E-state index in [1.165, 1.54) is 24.5 Å². The number of nitrogens with two attached hydrogens (primary N) is 1. The molecule has 18 heavy (non-hydrogen) atoms. The molecule has 0 spiro atoms. The summed E-state index contributed by atoms with van der Waals surface area (Å²) in [4.78, 5) is 0. The van der Waals surface area contributed by atoms with Crippen LogP contribution in [0.4, 0.5) is 4.39 Å². The number of hydrogen-bond acceptors (Lipinski definition) is 4. The quantitative estimate of drug-likeness (QED) is 0.802. The summed E-state index contributed by atoms with van der Waals surface area (Å²) in [5, 5.41) is 0. The zero-order chi connectivity index (χ0) is 13.8. The van der Waals surface area contributed by atoms with Gasteiger partial charge in [0.15, 0.2) is 0 Å². The second-order valence-electron chi connectivity index (χ2n) is 4.30. The van der Waals surface area contributed by atoms with Gasteiger partial charge >= 0.3 is 0 Å². The van der Waals surface area contributed by atoms with Crippen molar-refractivity contribution in [3.8, 4) is 5.75 Å². The first kappa shape index (κ1) is 14.9. The molecule has 0 amide bonds. The van der Waals surface area contributed by atoms with Gasteiger partial charge in [-0.1, -0.05) is 0 Å². The van der Waals surface area contributed by atoms with Crippen molar-refractivity contribution in [1.82, 2.24) is 0 Å². The summed E-state index contributed by atoms with van der Waals surface area (Å²) >= 11 is 0. The van der Waals surface area contributed by atoms with Gasteiger partial charge in [0.05, 0.1) is 12.4 Å². The van der Waals surface area contributed by atoms with Gasteiger partial charge in [0.2, 0.25) is 0 Å². The first-order valence-corrected chi connectivity index (χ1v) is 7.71. The Kier molecular flexibility index (Phi) is 5.10.